The van der Waals surface area contributed by atoms with E-state index in [4.69, 9.17) is 5.11 Å². The smallest absolute Gasteiger partial charge is 0.352 e. The molecule has 0 atom stereocenters. The molecule has 0 aromatic heterocycles. The fraction of sp³-hybridized carbons (Fsp3) is 0.692. The van der Waals surface area contributed by atoms with Gasteiger partial charge in [0.05, 0.1) is 0 Å². The van der Waals surface area contributed by atoms with Crippen LogP contribution in [0.3, 0.4) is 0 Å². The van der Waals surface area contributed by atoms with Gasteiger partial charge < -0.3 is 10.4 Å². The van der Waals surface area contributed by atoms with Crippen LogP contribution in [0.4, 0.5) is 0 Å². The molecule has 0 heterocycles. The third-order valence-corrected chi connectivity index (χ3v) is 2.45. The maximum absolute atomic E-state index is 10.8. The topological polar surface area (TPSA) is 66.4 Å². The van der Waals surface area contributed by atoms with E-state index in [1.54, 1.807) is 6.08 Å². The zero-order valence-corrected chi connectivity index (χ0v) is 10.8. The zero-order valence-electron chi connectivity index (χ0n) is 10.8. The summed E-state index contributed by atoms with van der Waals surface area (Å²) in [5.74, 6) is -1.42. The largest absolute Gasteiger partial charge is 0.477 e. The molecular weight excluding hydrogens is 218 g/mol. The third kappa shape index (κ3) is 9.60. The normalized spacial score (nSPS) is 11.3. The predicted octanol–water partition coefficient (Wildman–Crippen LogP) is 2.84. The molecule has 1 amide bonds. The van der Waals surface area contributed by atoms with Crippen LogP contribution in [0.2, 0.25) is 0 Å². The Kier molecular flexibility index (Phi) is 9.11. The number of unbranched alkanes of at least 4 members (excludes halogenated alkanes) is 6. The van der Waals surface area contributed by atoms with Crippen LogP contribution >= 0.6 is 0 Å². The second kappa shape index (κ2) is 9.87. The highest BCUT2D eigenvalue weighted by molar-refractivity contribution is 5.91. The molecule has 98 valence electrons. The lowest BCUT2D eigenvalue weighted by Crippen LogP contribution is -2.24. The molecule has 0 aliphatic rings. The van der Waals surface area contributed by atoms with Gasteiger partial charge in [0.2, 0.25) is 5.91 Å². The molecule has 0 rings (SSSR count). The summed E-state index contributed by atoms with van der Waals surface area (Å²) in [4.78, 5) is 21.5. The lowest BCUT2D eigenvalue weighted by molar-refractivity contribution is -0.134. The van der Waals surface area contributed by atoms with Crippen LogP contribution in [0.5, 0.6) is 0 Å². The molecule has 2 N–H and O–H groups in total. The summed E-state index contributed by atoms with van der Waals surface area (Å²) >= 11 is 0. The first-order valence-corrected chi connectivity index (χ1v) is 6.29. The summed E-state index contributed by atoms with van der Waals surface area (Å²) < 4.78 is 0. The second-order valence-corrected chi connectivity index (χ2v) is 4.16. The highest BCUT2D eigenvalue weighted by Crippen LogP contribution is 2.08. The SMILES string of the molecule is CCCCCCCC/C=C(/NC(C)=O)C(=O)O. The molecule has 0 aromatic rings. The van der Waals surface area contributed by atoms with Gasteiger partial charge in [-0.25, -0.2) is 4.79 Å². The minimum atomic E-state index is -1.08. The van der Waals surface area contributed by atoms with Crippen LogP contribution in [-0.2, 0) is 9.59 Å². The van der Waals surface area contributed by atoms with Gasteiger partial charge in [-0.15, -0.1) is 0 Å². The van der Waals surface area contributed by atoms with Gasteiger partial charge in [0.25, 0.3) is 0 Å². The van der Waals surface area contributed by atoms with E-state index in [0.29, 0.717) is 6.42 Å². The van der Waals surface area contributed by atoms with Crippen LogP contribution in [0.1, 0.15) is 58.8 Å². The quantitative estimate of drug-likeness (QED) is 0.482. The number of allylic oxidation sites excluding steroid dienone is 1. The Balaban J connectivity index is 3.78. The van der Waals surface area contributed by atoms with E-state index in [1.807, 2.05) is 0 Å². The Labute approximate surface area is 103 Å². The van der Waals surface area contributed by atoms with Crippen molar-refractivity contribution in [3.63, 3.8) is 0 Å². The molecule has 0 fully saturated rings. The van der Waals surface area contributed by atoms with E-state index in [9.17, 15) is 9.59 Å². The molecular formula is C13H23NO3. The van der Waals surface area contributed by atoms with Gasteiger partial charge in [0.15, 0.2) is 0 Å². The second-order valence-electron chi connectivity index (χ2n) is 4.16. The van der Waals surface area contributed by atoms with Crippen molar-refractivity contribution in [1.82, 2.24) is 5.32 Å². The fourth-order valence-corrected chi connectivity index (χ4v) is 1.55. The Morgan fingerprint density at radius 1 is 1.12 bits per heavy atom. The number of carboxylic acid groups (broad SMARTS) is 1. The van der Waals surface area contributed by atoms with Crippen molar-refractivity contribution in [3.05, 3.63) is 11.8 Å². The molecule has 0 spiro atoms. The number of hydrogen-bond acceptors (Lipinski definition) is 2. The van der Waals surface area contributed by atoms with Gasteiger partial charge in [0.1, 0.15) is 5.70 Å². The van der Waals surface area contributed by atoms with Crippen molar-refractivity contribution in [2.45, 2.75) is 58.8 Å². The number of amides is 1. The van der Waals surface area contributed by atoms with Crippen molar-refractivity contribution in [1.29, 1.82) is 0 Å². The highest BCUT2D eigenvalue weighted by Gasteiger charge is 2.07. The number of rotatable bonds is 9. The molecule has 0 unspecified atom stereocenters. The van der Waals surface area contributed by atoms with Crippen molar-refractivity contribution in [3.8, 4) is 0 Å². The standard InChI is InChI=1S/C13H23NO3/c1-3-4-5-6-7-8-9-10-12(13(16)17)14-11(2)15/h10H,3-9H2,1-2H3,(H,14,15)(H,16,17)/b12-10+. The van der Waals surface area contributed by atoms with Gasteiger partial charge in [-0.05, 0) is 12.8 Å². The maximum atomic E-state index is 10.8. The number of carbonyl (C=O) groups is 2. The van der Waals surface area contributed by atoms with Crippen LogP contribution in [-0.4, -0.2) is 17.0 Å². The van der Waals surface area contributed by atoms with Crippen LogP contribution in [0.15, 0.2) is 11.8 Å². The average molecular weight is 241 g/mol. The molecule has 0 radical (unpaired) electrons. The number of hydrogen-bond donors (Lipinski definition) is 2. The van der Waals surface area contributed by atoms with Gasteiger partial charge in [0, 0.05) is 6.92 Å². The molecule has 0 saturated heterocycles. The summed E-state index contributed by atoms with van der Waals surface area (Å²) in [7, 11) is 0. The van der Waals surface area contributed by atoms with Gasteiger partial charge in [-0.2, -0.15) is 0 Å². The monoisotopic (exact) mass is 241 g/mol. The van der Waals surface area contributed by atoms with Gasteiger partial charge >= 0.3 is 5.97 Å². The van der Waals surface area contributed by atoms with E-state index in [2.05, 4.69) is 12.2 Å². The molecule has 0 aliphatic heterocycles. The van der Waals surface area contributed by atoms with Crippen molar-refractivity contribution in [2.24, 2.45) is 0 Å². The minimum absolute atomic E-state index is 0.00828. The van der Waals surface area contributed by atoms with E-state index in [1.165, 1.54) is 32.6 Å². The highest BCUT2D eigenvalue weighted by atomic mass is 16.4. The Morgan fingerprint density at radius 3 is 2.24 bits per heavy atom. The molecule has 4 heteroatoms. The third-order valence-electron chi connectivity index (χ3n) is 2.45. The van der Waals surface area contributed by atoms with E-state index in [-0.39, 0.29) is 11.6 Å². The van der Waals surface area contributed by atoms with E-state index >= 15 is 0 Å². The average Bonchev–Trinajstić information content (AvgIpc) is 2.25. The summed E-state index contributed by atoms with van der Waals surface area (Å²) in [5.41, 5.74) is -0.00828. The number of nitrogens with one attached hydrogen (secondary N) is 1. The Morgan fingerprint density at radius 2 is 1.71 bits per heavy atom. The molecule has 0 aromatic carbocycles. The lowest BCUT2D eigenvalue weighted by atomic mass is 10.1. The lowest BCUT2D eigenvalue weighted by Gasteiger charge is -2.03. The predicted molar refractivity (Wildman–Crippen MR) is 67.5 cm³/mol. The summed E-state index contributed by atoms with van der Waals surface area (Å²) in [5, 5.41) is 11.1. The Bertz CT molecular complexity index is 272. The molecule has 0 aliphatic carbocycles. The molecule has 0 saturated carbocycles. The van der Waals surface area contributed by atoms with Crippen LogP contribution in [0, 0.1) is 0 Å². The molecule has 17 heavy (non-hydrogen) atoms. The number of carboxylic acids is 1. The number of aliphatic carboxylic acids is 1. The first-order chi connectivity index (χ1) is 8.07. The van der Waals surface area contributed by atoms with Crippen molar-refractivity contribution < 1.29 is 14.7 Å². The van der Waals surface area contributed by atoms with Crippen LogP contribution < -0.4 is 5.32 Å². The summed E-state index contributed by atoms with van der Waals surface area (Å²) in [6.07, 6.45) is 9.32. The summed E-state index contributed by atoms with van der Waals surface area (Å²) in [6, 6.07) is 0. The first-order valence-electron chi connectivity index (χ1n) is 6.29. The number of carbonyl (C=O) groups excluding carboxylic acids is 1. The van der Waals surface area contributed by atoms with Gasteiger partial charge in [-0.3, -0.25) is 4.79 Å². The van der Waals surface area contributed by atoms with Crippen molar-refractivity contribution >= 4 is 11.9 Å². The van der Waals surface area contributed by atoms with E-state index in [0.717, 1.165) is 12.8 Å². The summed E-state index contributed by atoms with van der Waals surface area (Å²) in [6.45, 7) is 3.48. The van der Waals surface area contributed by atoms with E-state index < -0.39 is 5.97 Å². The first kappa shape index (κ1) is 15.7. The molecule has 0 bridgehead atoms. The molecule has 4 nitrogen and oxygen atoms in total. The fourth-order valence-electron chi connectivity index (χ4n) is 1.55. The zero-order chi connectivity index (χ0) is 13.1. The van der Waals surface area contributed by atoms with Gasteiger partial charge in [-0.1, -0.05) is 45.1 Å². The minimum Gasteiger partial charge on any atom is -0.477 e. The Hall–Kier alpha value is -1.32. The van der Waals surface area contributed by atoms with Crippen LogP contribution in [0.25, 0.3) is 0 Å². The maximum Gasteiger partial charge on any atom is 0.352 e. The van der Waals surface area contributed by atoms with Crippen molar-refractivity contribution in [2.75, 3.05) is 0 Å².